The number of benzene rings is 3. The number of ether oxygens (including phenoxy) is 1. The van der Waals surface area contributed by atoms with Gasteiger partial charge in [0.15, 0.2) is 11.5 Å². The number of nitrogens with zero attached hydrogens (tertiary/aromatic N) is 1. The van der Waals surface area contributed by atoms with Crippen LogP contribution in [0.3, 0.4) is 0 Å². The largest absolute Gasteiger partial charge is 0.504 e. The van der Waals surface area contributed by atoms with Gasteiger partial charge in [0.1, 0.15) is 6.17 Å². The second-order valence-corrected chi connectivity index (χ2v) is 8.40. The molecule has 3 aromatic carbocycles. The summed E-state index contributed by atoms with van der Waals surface area (Å²) >= 11 is 12.6. The van der Waals surface area contributed by atoms with Gasteiger partial charge in [0.25, 0.3) is 0 Å². The SMILES string of the molecule is CCOc1cccc([C@H]2CC(c3ccc(C)cc3)=N[C@H](c3ccc(Cl)cc3Cl)N2)c1O. The van der Waals surface area contributed by atoms with E-state index in [-0.39, 0.29) is 18.0 Å². The van der Waals surface area contributed by atoms with E-state index in [1.807, 2.05) is 31.2 Å². The van der Waals surface area contributed by atoms with Crippen LogP contribution in [0.1, 0.15) is 47.8 Å². The highest BCUT2D eigenvalue weighted by Gasteiger charge is 2.29. The molecule has 0 saturated heterocycles. The van der Waals surface area contributed by atoms with Crippen molar-refractivity contribution in [3.63, 3.8) is 0 Å². The van der Waals surface area contributed by atoms with Crippen molar-refractivity contribution in [1.29, 1.82) is 0 Å². The number of phenolic OH excluding ortho intramolecular Hbond substituents is 1. The Labute approximate surface area is 192 Å². The van der Waals surface area contributed by atoms with Crippen molar-refractivity contribution < 1.29 is 9.84 Å². The second kappa shape index (κ2) is 9.31. The van der Waals surface area contributed by atoms with Crippen LogP contribution in [0.25, 0.3) is 0 Å². The standard InChI is InChI=1S/C25H24Cl2N2O2/c1-3-31-23-6-4-5-19(24(23)30)22-14-21(16-9-7-15(2)8-10-16)28-25(29-22)18-12-11-17(26)13-20(18)27/h4-13,22,25,29-30H,3,14H2,1-2H3/t22-,25+/m1/s1. The number of halogens is 2. The maximum absolute atomic E-state index is 10.9. The summed E-state index contributed by atoms with van der Waals surface area (Å²) < 4.78 is 5.59. The molecule has 160 valence electrons. The topological polar surface area (TPSA) is 53.8 Å². The maximum atomic E-state index is 10.9. The van der Waals surface area contributed by atoms with Gasteiger partial charge >= 0.3 is 0 Å². The van der Waals surface area contributed by atoms with Crippen LogP contribution in [0, 0.1) is 6.92 Å². The molecule has 0 bridgehead atoms. The second-order valence-electron chi connectivity index (χ2n) is 7.56. The van der Waals surface area contributed by atoms with E-state index in [1.165, 1.54) is 5.56 Å². The zero-order valence-corrected chi connectivity index (χ0v) is 18.9. The van der Waals surface area contributed by atoms with Crippen molar-refractivity contribution in [2.75, 3.05) is 6.61 Å². The van der Waals surface area contributed by atoms with Crippen LogP contribution in [0.2, 0.25) is 10.0 Å². The zero-order chi connectivity index (χ0) is 22.0. The molecule has 0 fully saturated rings. The van der Waals surface area contributed by atoms with Gasteiger partial charge in [-0.1, -0.05) is 71.2 Å². The van der Waals surface area contributed by atoms with Crippen molar-refractivity contribution in [3.05, 3.63) is 93.0 Å². The molecule has 0 unspecified atom stereocenters. The molecule has 0 aromatic heterocycles. The summed E-state index contributed by atoms with van der Waals surface area (Å²) in [4.78, 5) is 4.97. The lowest BCUT2D eigenvalue weighted by Crippen LogP contribution is -2.33. The monoisotopic (exact) mass is 454 g/mol. The summed E-state index contributed by atoms with van der Waals surface area (Å²) in [5, 5.41) is 15.5. The zero-order valence-electron chi connectivity index (χ0n) is 17.4. The van der Waals surface area contributed by atoms with Crippen LogP contribution in [0.15, 0.2) is 65.7 Å². The van der Waals surface area contributed by atoms with Crippen molar-refractivity contribution in [2.45, 2.75) is 32.5 Å². The molecule has 31 heavy (non-hydrogen) atoms. The molecule has 3 aromatic rings. The number of aromatic hydroxyl groups is 1. The van der Waals surface area contributed by atoms with E-state index in [4.69, 9.17) is 32.9 Å². The predicted molar refractivity (Wildman–Crippen MR) is 127 cm³/mol. The highest BCUT2D eigenvalue weighted by Crippen LogP contribution is 2.40. The fourth-order valence-corrected chi connectivity index (χ4v) is 4.31. The number of aryl methyl sites for hydroxylation is 1. The first-order valence-corrected chi connectivity index (χ1v) is 11.0. The molecule has 6 heteroatoms. The summed E-state index contributed by atoms with van der Waals surface area (Å²) in [5.74, 6) is 0.621. The van der Waals surface area contributed by atoms with E-state index in [0.29, 0.717) is 28.8 Å². The first-order chi connectivity index (χ1) is 15.0. The summed E-state index contributed by atoms with van der Waals surface area (Å²) in [6.07, 6.45) is 0.239. The van der Waals surface area contributed by atoms with Gasteiger partial charge in [0.2, 0.25) is 0 Å². The average molecular weight is 455 g/mol. The van der Waals surface area contributed by atoms with Crippen LogP contribution in [-0.2, 0) is 0 Å². The Bertz CT molecular complexity index is 1110. The van der Waals surface area contributed by atoms with E-state index < -0.39 is 0 Å². The lowest BCUT2D eigenvalue weighted by atomic mass is 9.93. The molecule has 4 rings (SSSR count). The lowest BCUT2D eigenvalue weighted by Gasteiger charge is -2.31. The first kappa shape index (κ1) is 21.7. The molecule has 0 radical (unpaired) electrons. The molecule has 0 spiro atoms. The van der Waals surface area contributed by atoms with Crippen molar-refractivity contribution in [3.8, 4) is 11.5 Å². The Morgan fingerprint density at radius 3 is 2.55 bits per heavy atom. The molecule has 2 atom stereocenters. The lowest BCUT2D eigenvalue weighted by molar-refractivity contribution is 0.313. The van der Waals surface area contributed by atoms with Crippen LogP contribution in [0.5, 0.6) is 11.5 Å². The summed E-state index contributed by atoms with van der Waals surface area (Å²) in [7, 11) is 0. The minimum atomic E-state index is -0.380. The van der Waals surface area contributed by atoms with Gasteiger partial charge in [-0.15, -0.1) is 0 Å². The molecule has 1 aliphatic heterocycles. The molecule has 1 heterocycles. The number of phenols is 1. The Morgan fingerprint density at radius 1 is 1.06 bits per heavy atom. The molecule has 2 N–H and O–H groups in total. The summed E-state index contributed by atoms with van der Waals surface area (Å²) in [6, 6.07) is 19.1. The van der Waals surface area contributed by atoms with Crippen LogP contribution >= 0.6 is 23.2 Å². The molecule has 0 aliphatic carbocycles. The van der Waals surface area contributed by atoms with Crippen molar-refractivity contribution in [1.82, 2.24) is 5.32 Å². The molecule has 0 saturated carbocycles. The third kappa shape index (κ3) is 4.72. The minimum Gasteiger partial charge on any atom is -0.504 e. The fourth-order valence-electron chi connectivity index (χ4n) is 3.80. The first-order valence-electron chi connectivity index (χ1n) is 10.3. The van der Waals surface area contributed by atoms with E-state index in [9.17, 15) is 5.11 Å². The number of aliphatic imine (C=N–C) groups is 1. The average Bonchev–Trinajstić information content (AvgIpc) is 2.75. The number of hydrogen-bond acceptors (Lipinski definition) is 4. The van der Waals surface area contributed by atoms with E-state index >= 15 is 0 Å². The molecule has 1 aliphatic rings. The normalized spacial score (nSPS) is 18.5. The number of rotatable bonds is 5. The van der Waals surface area contributed by atoms with Crippen molar-refractivity contribution in [2.24, 2.45) is 4.99 Å². The third-order valence-corrected chi connectivity index (χ3v) is 5.95. The van der Waals surface area contributed by atoms with Crippen LogP contribution in [-0.4, -0.2) is 17.4 Å². The Hall–Kier alpha value is -2.53. The van der Waals surface area contributed by atoms with Gasteiger partial charge in [0, 0.05) is 39.3 Å². The highest BCUT2D eigenvalue weighted by molar-refractivity contribution is 6.35. The van der Waals surface area contributed by atoms with Crippen LogP contribution in [0.4, 0.5) is 0 Å². The molecule has 4 nitrogen and oxygen atoms in total. The predicted octanol–water partition coefficient (Wildman–Crippen LogP) is 6.63. The Balaban J connectivity index is 1.77. The maximum Gasteiger partial charge on any atom is 0.162 e. The minimum absolute atomic E-state index is 0.146. The summed E-state index contributed by atoms with van der Waals surface area (Å²) in [6.45, 7) is 4.43. The molecular formula is C25H24Cl2N2O2. The quantitative estimate of drug-likeness (QED) is 0.454. The fraction of sp³-hybridized carbons (Fsp3) is 0.240. The Morgan fingerprint density at radius 2 is 1.84 bits per heavy atom. The smallest absolute Gasteiger partial charge is 0.162 e. The van der Waals surface area contributed by atoms with E-state index in [2.05, 4.69) is 36.5 Å². The molecule has 0 amide bonds. The van der Waals surface area contributed by atoms with Gasteiger partial charge in [-0.3, -0.25) is 10.3 Å². The molecular weight excluding hydrogens is 431 g/mol. The van der Waals surface area contributed by atoms with Gasteiger partial charge in [-0.25, -0.2) is 0 Å². The van der Waals surface area contributed by atoms with Crippen molar-refractivity contribution >= 4 is 28.9 Å². The Kier molecular flexibility index (Phi) is 6.51. The number of hydrogen-bond donors (Lipinski definition) is 2. The van der Waals surface area contributed by atoms with Crippen LogP contribution < -0.4 is 10.1 Å². The van der Waals surface area contributed by atoms with E-state index in [0.717, 1.165) is 22.4 Å². The van der Waals surface area contributed by atoms with Gasteiger partial charge in [-0.05, 0) is 37.6 Å². The van der Waals surface area contributed by atoms with Gasteiger partial charge in [-0.2, -0.15) is 0 Å². The third-order valence-electron chi connectivity index (χ3n) is 5.39. The number of nitrogens with one attached hydrogen (secondary N) is 1. The highest BCUT2D eigenvalue weighted by atomic mass is 35.5. The number of para-hydroxylation sites is 1. The summed E-state index contributed by atoms with van der Waals surface area (Å²) in [5.41, 5.74) is 4.78. The van der Waals surface area contributed by atoms with E-state index in [1.54, 1.807) is 12.1 Å². The van der Waals surface area contributed by atoms with Gasteiger partial charge < -0.3 is 9.84 Å². The van der Waals surface area contributed by atoms with Gasteiger partial charge in [0.05, 0.1) is 6.61 Å².